The fraction of sp³-hybridized carbons (Fsp3) is 0.567. The van der Waals surface area contributed by atoms with E-state index in [2.05, 4.69) is 46.6 Å². The van der Waals surface area contributed by atoms with Gasteiger partial charge in [0.1, 0.15) is 0 Å². The van der Waals surface area contributed by atoms with Crippen molar-refractivity contribution in [3.05, 3.63) is 59.7 Å². The summed E-state index contributed by atoms with van der Waals surface area (Å²) in [5, 5.41) is 14.0. The Kier molecular flexibility index (Phi) is 8.98. The van der Waals surface area contributed by atoms with Crippen LogP contribution in [0.2, 0.25) is 0 Å². The number of nitrogens with one attached hydrogen (secondary N) is 1. The van der Waals surface area contributed by atoms with Gasteiger partial charge in [-0.3, -0.25) is 4.79 Å². The van der Waals surface area contributed by atoms with Gasteiger partial charge in [0, 0.05) is 36.7 Å². The minimum absolute atomic E-state index is 0. The number of halogens is 2. The zero-order valence-corrected chi connectivity index (χ0v) is 22.9. The van der Waals surface area contributed by atoms with Crippen LogP contribution < -0.4 is 34.9 Å². The van der Waals surface area contributed by atoms with Crippen molar-refractivity contribution in [2.24, 2.45) is 11.8 Å². The van der Waals surface area contributed by atoms with E-state index in [1.165, 1.54) is 37.7 Å². The van der Waals surface area contributed by atoms with Gasteiger partial charge in [-0.15, -0.1) is 0 Å². The maximum absolute atomic E-state index is 14.4. The average Bonchev–Trinajstić information content (AvgIpc) is 3.33. The summed E-state index contributed by atoms with van der Waals surface area (Å²) in [7, 11) is 0. The Bertz CT molecular complexity index is 1060. The van der Waals surface area contributed by atoms with Gasteiger partial charge in [-0.2, -0.15) is 0 Å². The number of phenols is 1. The van der Waals surface area contributed by atoms with Gasteiger partial charge in [0.25, 0.3) is 0 Å². The number of hydrogen-bond donors (Lipinski definition) is 2. The van der Waals surface area contributed by atoms with E-state index < -0.39 is 0 Å². The molecule has 4 atom stereocenters. The molecule has 2 saturated heterocycles. The molecule has 3 aliphatic heterocycles. The summed E-state index contributed by atoms with van der Waals surface area (Å²) in [4.78, 5) is 16.7. The van der Waals surface area contributed by atoms with Crippen molar-refractivity contribution in [3.63, 3.8) is 0 Å². The molecule has 0 aromatic heterocycles. The summed E-state index contributed by atoms with van der Waals surface area (Å²) in [6.07, 6.45) is 9.32. The molecule has 1 saturated carbocycles. The van der Waals surface area contributed by atoms with Gasteiger partial charge >= 0.3 is 0 Å². The van der Waals surface area contributed by atoms with E-state index in [9.17, 15) is 9.90 Å². The van der Waals surface area contributed by atoms with Crippen molar-refractivity contribution < 1.29 is 39.5 Å². The lowest BCUT2D eigenvalue weighted by Gasteiger charge is -2.48. The molecule has 5 nitrogen and oxygen atoms in total. The average molecular weight is 546 g/mol. The number of hydrogen-bond acceptors (Lipinski definition) is 4. The molecule has 2 aromatic rings. The van der Waals surface area contributed by atoms with Crippen LogP contribution in [0.15, 0.2) is 48.5 Å². The van der Waals surface area contributed by atoms with Gasteiger partial charge in [0.15, 0.2) is 11.5 Å². The zero-order valence-electron chi connectivity index (χ0n) is 21.4. The van der Waals surface area contributed by atoms with E-state index >= 15 is 0 Å². The number of ether oxygens (including phenoxy) is 1. The van der Waals surface area contributed by atoms with Crippen molar-refractivity contribution in [2.75, 3.05) is 26.2 Å². The van der Waals surface area contributed by atoms with Crippen LogP contribution in [0.1, 0.15) is 68.4 Å². The van der Waals surface area contributed by atoms with E-state index in [-0.39, 0.29) is 41.9 Å². The minimum Gasteiger partial charge on any atom is -1.00 e. The van der Waals surface area contributed by atoms with Gasteiger partial charge in [-0.25, -0.2) is 0 Å². The van der Waals surface area contributed by atoms with E-state index in [1.54, 1.807) is 6.07 Å². The van der Waals surface area contributed by atoms with Crippen molar-refractivity contribution >= 4 is 5.91 Å². The summed E-state index contributed by atoms with van der Waals surface area (Å²) in [5.41, 5.74) is 2.12. The Balaban J connectivity index is 0.00000160. The van der Waals surface area contributed by atoms with Crippen LogP contribution in [-0.2, 0) is 10.2 Å². The molecule has 0 radical (unpaired) electrons. The second-order valence-electron chi connectivity index (χ2n) is 11.2. The molecular weight excluding hydrogens is 507 g/mol. The highest BCUT2D eigenvalue weighted by atomic mass is 35.5. The molecule has 2 aromatic carbocycles. The van der Waals surface area contributed by atoms with Crippen LogP contribution in [0.25, 0.3) is 0 Å². The molecule has 6 rings (SSSR count). The molecule has 37 heavy (non-hydrogen) atoms. The normalized spacial score (nSPS) is 29.5. The number of aromatic hydroxyl groups is 1. The summed E-state index contributed by atoms with van der Waals surface area (Å²) < 4.78 is 5.89. The number of carbonyl (C=O) groups excluding carboxylic acids is 1. The molecule has 1 amide bonds. The number of nitrogens with zero attached hydrogens (tertiary/aromatic N) is 1. The van der Waals surface area contributed by atoms with E-state index in [4.69, 9.17) is 4.74 Å². The Morgan fingerprint density at radius 1 is 1.00 bits per heavy atom. The molecule has 202 valence electrons. The molecule has 4 aliphatic rings. The first-order chi connectivity index (χ1) is 17.2. The van der Waals surface area contributed by atoms with Crippen LogP contribution in [0.4, 0.5) is 0 Å². The standard InChI is InChI=1S/C30H38N2O3.2ClH/c33-27-13-7-12-24-28(27)35-17-15-30(24)20-31-19-25(30)29(34)32-16-14-23(21-8-3-1-4-9-21)18-26(32)22-10-5-2-6-11-22;;/h1,3-4,7-9,12-13,22-23,25-26,31,33H,2,5-6,10-11,14-20H2;2*1H/p-2/t23-,25+,26+,30+;;/m1../s1. The van der Waals surface area contributed by atoms with Gasteiger partial charge in [0.05, 0.1) is 12.5 Å². The molecule has 0 bridgehead atoms. The number of carbonyl (C=O) groups is 1. The second-order valence-corrected chi connectivity index (χ2v) is 11.2. The number of likely N-dealkylation sites (tertiary alicyclic amines) is 1. The molecule has 1 aliphatic carbocycles. The third kappa shape index (κ3) is 5.07. The van der Waals surface area contributed by atoms with Crippen LogP contribution >= 0.6 is 0 Å². The van der Waals surface area contributed by atoms with Crippen LogP contribution in [0.5, 0.6) is 11.5 Å². The summed E-state index contributed by atoms with van der Waals surface area (Å²) in [5.74, 6) is 2.09. The predicted molar refractivity (Wildman–Crippen MR) is 137 cm³/mol. The largest absolute Gasteiger partial charge is 1.00 e. The molecule has 0 unspecified atom stereocenters. The topological polar surface area (TPSA) is 61.8 Å². The number of piperidine rings is 1. The maximum atomic E-state index is 14.4. The number of fused-ring (bicyclic) bond motifs is 2. The Hall–Kier alpha value is -1.95. The second kappa shape index (κ2) is 11.8. The Morgan fingerprint density at radius 3 is 2.57 bits per heavy atom. The summed E-state index contributed by atoms with van der Waals surface area (Å²) in [6.45, 7) is 2.84. The van der Waals surface area contributed by atoms with Crippen LogP contribution in [0.3, 0.4) is 0 Å². The number of amides is 1. The molecule has 3 heterocycles. The first-order valence-electron chi connectivity index (χ1n) is 13.7. The lowest BCUT2D eigenvalue weighted by Crippen LogP contribution is -3.00. The van der Waals surface area contributed by atoms with Crippen molar-refractivity contribution in [2.45, 2.75) is 68.7 Å². The number of para-hydroxylation sites is 1. The third-order valence-corrected chi connectivity index (χ3v) is 9.47. The highest BCUT2D eigenvalue weighted by Crippen LogP contribution is 2.50. The lowest BCUT2D eigenvalue weighted by molar-refractivity contribution is -0.143. The fourth-order valence-electron chi connectivity index (χ4n) is 7.63. The molecule has 2 N–H and O–H groups in total. The number of rotatable bonds is 3. The van der Waals surface area contributed by atoms with E-state index in [0.29, 0.717) is 42.7 Å². The van der Waals surface area contributed by atoms with Crippen LogP contribution in [-0.4, -0.2) is 48.2 Å². The van der Waals surface area contributed by atoms with Gasteiger partial charge in [-0.1, -0.05) is 61.7 Å². The Morgan fingerprint density at radius 2 is 1.78 bits per heavy atom. The smallest absolute Gasteiger partial charge is 0.228 e. The van der Waals surface area contributed by atoms with Crippen molar-refractivity contribution in [3.8, 4) is 11.5 Å². The van der Waals surface area contributed by atoms with E-state index in [0.717, 1.165) is 37.9 Å². The third-order valence-electron chi connectivity index (χ3n) is 9.47. The van der Waals surface area contributed by atoms with E-state index in [1.807, 2.05) is 6.07 Å². The van der Waals surface area contributed by atoms with Gasteiger partial charge in [0.2, 0.25) is 5.91 Å². The molecule has 1 spiro atoms. The Labute approximate surface area is 233 Å². The van der Waals surface area contributed by atoms with Crippen molar-refractivity contribution in [1.82, 2.24) is 10.2 Å². The van der Waals surface area contributed by atoms with Crippen LogP contribution in [0, 0.1) is 11.8 Å². The quantitative estimate of drug-likeness (QED) is 0.520. The highest BCUT2D eigenvalue weighted by molar-refractivity contribution is 5.82. The summed E-state index contributed by atoms with van der Waals surface area (Å²) >= 11 is 0. The van der Waals surface area contributed by atoms with Gasteiger partial charge < -0.3 is 44.9 Å². The predicted octanol–water partition coefficient (Wildman–Crippen LogP) is -1.00. The maximum Gasteiger partial charge on any atom is 0.228 e. The minimum atomic E-state index is -0.309. The first kappa shape index (κ1) is 28.1. The fourth-order valence-corrected chi connectivity index (χ4v) is 7.63. The zero-order chi connectivity index (χ0) is 23.8. The lowest BCUT2D eigenvalue weighted by atomic mass is 9.67. The molecular formula is C30H38Cl2N2O3-2. The number of benzene rings is 2. The van der Waals surface area contributed by atoms with Gasteiger partial charge in [-0.05, 0) is 55.6 Å². The SMILES string of the molecule is O=C([C@@H]1CNC[C@]12CCOc1c(O)cccc12)N1CC[C@@H](c2ccccc2)C[C@H]1C1CCCCC1.[Cl-].[Cl-]. The molecule has 3 fully saturated rings. The monoisotopic (exact) mass is 544 g/mol. The van der Waals surface area contributed by atoms with Crippen molar-refractivity contribution in [1.29, 1.82) is 0 Å². The number of phenolic OH excluding ortho intramolecular Hbond substituents is 1. The first-order valence-corrected chi connectivity index (χ1v) is 13.7. The summed E-state index contributed by atoms with van der Waals surface area (Å²) in [6, 6.07) is 16.9. The highest BCUT2D eigenvalue weighted by Gasteiger charge is 2.53. The molecule has 7 heteroatoms.